The van der Waals surface area contributed by atoms with E-state index in [0.717, 1.165) is 5.57 Å². The normalized spacial score (nSPS) is 10.6. The molecular formula is C15H16FN3O. The first-order chi connectivity index (χ1) is 9.43. The molecule has 0 bridgehead atoms. The number of nitrogens with two attached hydrogens (primary N) is 1. The van der Waals surface area contributed by atoms with Gasteiger partial charge < -0.3 is 5.73 Å². The molecule has 20 heavy (non-hydrogen) atoms. The third-order valence-electron chi connectivity index (χ3n) is 3.00. The number of carbonyl (C=O) groups excluding carboxylic acids is 1. The van der Waals surface area contributed by atoms with Crippen LogP contribution in [0.2, 0.25) is 0 Å². The van der Waals surface area contributed by atoms with Crippen molar-refractivity contribution in [2.75, 3.05) is 5.73 Å². The highest BCUT2D eigenvalue weighted by molar-refractivity contribution is 5.91. The lowest BCUT2D eigenvalue weighted by Gasteiger charge is -2.02. The molecule has 2 aromatic rings. The van der Waals surface area contributed by atoms with Crippen molar-refractivity contribution in [2.24, 2.45) is 0 Å². The smallest absolute Gasteiger partial charge is 0.156 e. The number of rotatable bonds is 4. The Morgan fingerprint density at radius 3 is 2.80 bits per heavy atom. The summed E-state index contributed by atoms with van der Waals surface area (Å²) >= 11 is 0. The van der Waals surface area contributed by atoms with Crippen molar-refractivity contribution < 1.29 is 9.18 Å². The molecule has 2 rings (SSSR count). The fourth-order valence-corrected chi connectivity index (χ4v) is 1.99. The summed E-state index contributed by atoms with van der Waals surface area (Å²) in [5.74, 6) is -0.00396. The van der Waals surface area contributed by atoms with E-state index in [1.807, 2.05) is 6.92 Å². The second-order valence-electron chi connectivity index (χ2n) is 4.84. The van der Waals surface area contributed by atoms with Crippen molar-refractivity contribution in [1.82, 2.24) is 9.78 Å². The Kier molecular flexibility index (Phi) is 3.70. The SMILES string of the molecule is C=C(C)Cn1nc(-c2ccc(F)c(C)c2)c(C=O)c1N. The van der Waals surface area contributed by atoms with Crippen LogP contribution >= 0.6 is 0 Å². The van der Waals surface area contributed by atoms with Crippen LogP contribution in [0.3, 0.4) is 0 Å². The molecule has 0 aliphatic carbocycles. The van der Waals surface area contributed by atoms with Gasteiger partial charge in [-0.05, 0) is 37.6 Å². The van der Waals surface area contributed by atoms with Crippen molar-refractivity contribution in [2.45, 2.75) is 20.4 Å². The van der Waals surface area contributed by atoms with Crippen molar-refractivity contribution in [3.8, 4) is 11.3 Å². The largest absolute Gasteiger partial charge is 0.383 e. The summed E-state index contributed by atoms with van der Waals surface area (Å²) in [4.78, 5) is 11.2. The van der Waals surface area contributed by atoms with Gasteiger partial charge in [0.25, 0.3) is 0 Å². The molecule has 1 aromatic heterocycles. The third-order valence-corrected chi connectivity index (χ3v) is 3.00. The number of allylic oxidation sites excluding steroid dienone is 1. The Labute approximate surface area is 116 Å². The Balaban J connectivity index is 2.58. The van der Waals surface area contributed by atoms with Crippen LogP contribution in [0.15, 0.2) is 30.4 Å². The molecule has 0 radical (unpaired) electrons. The highest BCUT2D eigenvalue weighted by Gasteiger charge is 2.17. The third kappa shape index (κ3) is 2.47. The van der Waals surface area contributed by atoms with E-state index in [9.17, 15) is 9.18 Å². The average molecular weight is 273 g/mol. The standard InChI is InChI=1S/C15H16FN3O/c1-9(2)7-19-15(17)12(8-20)14(18-19)11-4-5-13(16)10(3)6-11/h4-6,8H,1,7,17H2,2-3H3. The van der Waals surface area contributed by atoms with E-state index in [2.05, 4.69) is 11.7 Å². The first kappa shape index (κ1) is 14.0. The molecule has 5 heteroatoms. The molecule has 0 aliphatic heterocycles. The van der Waals surface area contributed by atoms with E-state index in [0.29, 0.717) is 41.0 Å². The number of aromatic nitrogens is 2. The Bertz CT molecular complexity index is 689. The van der Waals surface area contributed by atoms with Crippen LogP contribution in [0.4, 0.5) is 10.2 Å². The number of nitrogen functional groups attached to an aromatic ring is 1. The highest BCUT2D eigenvalue weighted by Crippen LogP contribution is 2.27. The van der Waals surface area contributed by atoms with Crippen molar-refractivity contribution in [1.29, 1.82) is 0 Å². The summed E-state index contributed by atoms with van der Waals surface area (Å²) in [6, 6.07) is 4.59. The zero-order valence-electron chi connectivity index (χ0n) is 11.5. The number of nitrogens with zero attached hydrogens (tertiary/aromatic N) is 2. The molecule has 2 N–H and O–H groups in total. The van der Waals surface area contributed by atoms with Gasteiger partial charge in [-0.2, -0.15) is 5.10 Å². The summed E-state index contributed by atoms with van der Waals surface area (Å²) in [5, 5.41) is 4.34. The molecule has 4 nitrogen and oxygen atoms in total. The van der Waals surface area contributed by atoms with Crippen LogP contribution < -0.4 is 5.73 Å². The molecule has 0 spiro atoms. The first-order valence-corrected chi connectivity index (χ1v) is 6.16. The predicted octanol–water partition coefficient (Wildman–Crippen LogP) is 2.97. The van der Waals surface area contributed by atoms with Crippen molar-refractivity contribution in [3.63, 3.8) is 0 Å². The molecule has 1 aromatic carbocycles. The number of anilines is 1. The zero-order chi connectivity index (χ0) is 14.9. The van der Waals surface area contributed by atoms with Gasteiger partial charge in [0.05, 0.1) is 12.1 Å². The van der Waals surface area contributed by atoms with Gasteiger partial charge in [0.1, 0.15) is 17.3 Å². The molecule has 104 valence electrons. The molecule has 0 amide bonds. The maximum atomic E-state index is 13.3. The second-order valence-corrected chi connectivity index (χ2v) is 4.84. The van der Waals surface area contributed by atoms with Crippen LogP contribution in [0.25, 0.3) is 11.3 Å². The van der Waals surface area contributed by atoms with Gasteiger partial charge in [-0.25, -0.2) is 9.07 Å². The van der Waals surface area contributed by atoms with Gasteiger partial charge in [-0.15, -0.1) is 0 Å². The molecule has 1 heterocycles. The van der Waals surface area contributed by atoms with Gasteiger partial charge in [-0.3, -0.25) is 4.79 Å². The van der Waals surface area contributed by atoms with Crippen LogP contribution in [-0.4, -0.2) is 16.1 Å². The maximum Gasteiger partial charge on any atom is 0.156 e. The Morgan fingerprint density at radius 1 is 1.55 bits per heavy atom. The summed E-state index contributed by atoms with van der Waals surface area (Å²) < 4.78 is 14.8. The van der Waals surface area contributed by atoms with Crippen LogP contribution in [0.5, 0.6) is 0 Å². The van der Waals surface area contributed by atoms with Gasteiger partial charge in [0.15, 0.2) is 6.29 Å². The van der Waals surface area contributed by atoms with Gasteiger partial charge in [-0.1, -0.05) is 12.2 Å². The molecule has 0 aliphatic rings. The van der Waals surface area contributed by atoms with Crippen LogP contribution in [0.1, 0.15) is 22.8 Å². The number of benzene rings is 1. The van der Waals surface area contributed by atoms with Crippen molar-refractivity contribution >= 4 is 12.1 Å². The number of halogens is 1. The van der Waals surface area contributed by atoms with Crippen LogP contribution in [-0.2, 0) is 6.54 Å². The number of aryl methyl sites for hydroxylation is 1. The lowest BCUT2D eigenvalue weighted by Crippen LogP contribution is -2.05. The van der Waals surface area contributed by atoms with Crippen molar-refractivity contribution in [3.05, 3.63) is 47.3 Å². The minimum absolute atomic E-state index is 0.292. The Morgan fingerprint density at radius 2 is 2.25 bits per heavy atom. The van der Waals surface area contributed by atoms with E-state index >= 15 is 0 Å². The summed E-state index contributed by atoms with van der Waals surface area (Å²) in [7, 11) is 0. The van der Waals surface area contributed by atoms with Crippen LogP contribution in [0, 0.1) is 12.7 Å². The topological polar surface area (TPSA) is 60.9 Å². The molecule has 0 fully saturated rings. The quantitative estimate of drug-likeness (QED) is 0.688. The lowest BCUT2D eigenvalue weighted by atomic mass is 10.1. The summed E-state index contributed by atoms with van der Waals surface area (Å²) in [6.07, 6.45) is 0.672. The number of hydrogen-bond donors (Lipinski definition) is 1. The molecule has 0 unspecified atom stereocenters. The summed E-state index contributed by atoms with van der Waals surface area (Å²) in [5.41, 5.74) is 8.73. The van der Waals surface area contributed by atoms with E-state index in [4.69, 9.17) is 5.73 Å². The van der Waals surface area contributed by atoms with Gasteiger partial charge in [0, 0.05) is 5.56 Å². The summed E-state index contributed by atoms with van der Waals surface area (Å²) in [6.45, 7) is 7.75. The van der Waals surface area contributed by atoms with E-state index in [1.165, 1.54) is 10.7 Å². The highest BCUT2D eigenvalue weighted by atomic mass is 19.1. The number of hydrogen-bond acceptors (Lipinski definition) is 3. The minimum Gasteiger partial charge on any atom is -0.383 e. The average Bonchev–Trinajstić information content (AvgIpc) is 2.69. The molecular weight excluding hydrogens is 257 g/mol. The lowest BCUT2D eigenvalue weighted by molar-refractivity contribution is 0.112. The fourth-order valence-electron chi connectivity index (χ4n) is 1.99. The van der Waals surface area contributed by atoms with E-state index in [1.54, 1.807) is 19.1 Å². The minimum atomic E-state index is -0.296. The van der Waals surface area contributed by atoms with Gasteiger partial charge >= 0.3 is 0 Å². The van der Waals surface area contributed by atoms with E-state index < -0.39 is 0 Å². The maximum absolute atomic E-state index is 13.3. The first-order valence-electron chi connectivity index (χ1n) is 6.16. The molecule has 0 saturated carbocycles. The monoisotopic (exact) mass is 273 g/mol. The second kappa shape index (κ2) is 5.28. The van der Waals surface area contributed by atoms with Gasteiger partial charge in [0.2, 0.25) is 0 Å². The Hall–Kier alpha value is -2.43. The molecule has 0 saturated heterocycles. The predicted molar refractivity (Wildman–Crippen MR) is 77.0 cm³/mol. The van der Waals surface area contributed by atoms with E-state index in [-0.39, 0.29) is 5.82 Å². The molecule has 0 atom stereocenters. The number of aldehydes is 1. The number of carbonyl (C=O) groups is 1. The zero-order valence-corrected chi connectivity index (χ0v) is 11.5. The fraction of sp³-hybridized carbons (Fsp3) is 0.200.